The fourth-order valence-corrected chi connectivity index (χ4v) is 4.92. The highest BCUT2D eigenvalue weighted by atomic mass is 35.5. The maximum atomic E-state index is 12.8. The van der Waals surface area contributed by atoms with Crippen molar-refractivity contribution in [1.29, 1.82) is 0 Å². The lowest BCUT2D eigenvalue weighted by Gasteiger charge is -2.25. The second-order valence-electron chi connectivity index (χ2n) is 6.50. The van der Waals surface area contributed by atoms with Gasteiger partial charge in [-0.15, -0.1) is 22.7 Å². The molecule has 5 nitrogen and oxygen atoms in total. The Morgan fingerprint density at radius 1 is 1.21 bits per heavy atom. The highest BCUT2D eigenvalue weighted by Crippen LogP contribution is 2.35. The lowest BCUT2D eigenvalue weighted by atomic mass is 10.1. The number of methoxy groups -OCH3 is 1. The van der Waals surface area contributed by atoms with Gasteiger partial charge in [-0.05, 0) is 50.8 Å². The number of amides is 1. The van der Waals surface area contributed by atoms with Gasteiger partial charge in [0.15, 0.2) is 0 Å². The number of carbonyl (C=O) groups excluding carboxylic acids is 1. The third-order valence-corrected chi connectivity index (χ3v) is 6.92. The Kier molecular flexibility index (Phi) is 6.72. The van der Waals surface area contributed by atoms with Crippen LogP contribution in [-0.2, 0) is 0 Å². The van der Waals surface area contributed by atoms with Crippen LogP contribution in [0.25, 0.3) is 9.88 Å². The van der Waals surface area contributed by atoms with Crippen molar-refractivity contribution in [3.05, 3.63) is 56.9 Å². The van der Waals surface area contributed by atoms with E-state index in [1.165, 1.54) is 22.7 Å². The molecule has 3 aromatic rings. The quantitative estimate of drug-likeness (QED) is 0.575. The Morgan fingerprint density at radius 2 is 1.93 bits per heavy atom. The molecule has 0 aliphatic heterocycles. The van der Waals surface area contributed by atoms with E-state index in [4.69, 9.17) is 16.3 Å². The molecule has 1 atom stereocenters. The summed E-state index contributed by atoms with van der Waals surface area (Å²) in [6.07, 6.45) is 0. The normalized spacial score (nSPS) is 12.2. The number of aromatic nitrogens is 1. The number of hydrogen-bond donors (Lipinski definition) is 1. The minimum absolute atomic E-state index is 0.0543. The molecule has 0 aliphatic rings. The molecule has 0 saturated carbocycles. The summed E-state index contributed by atoms with van der Waals surface area (Å²) < 4.78 is 5.93. The summed E-state index contributed by atoms with van der Waals surface area (Å²) in [5.74, 6) is 0.705. The highest BCUT2D eigenvalue weighted by molar-refractivity contribution is 7.24. The van der Waals surface area contributed by atoms with E-state index in [0.29, 0.717) is 15.8 Å². The maximum Gasteiger partial charge on any atom is 0.263 e. The van der Waals surface area contributed by atoms with Gasteiger partial charge in [-0.25, -0.2) is 4.98 Å². The number of hydrogen-bond acceptors (Lipinski definition) is 6. The van der Waals surface area contributed by atoms with Crippen LogP contribution in [0, 0.1) is 6.92 Å². The number of aryl methyl sites for hydroxylation is 1. The summed E-state index contributed by atoms with van der Waals surface area (Å²) in [6.45, 7) is 2.35. The SMILES string of the molecule is COc1ccc(C(CNC(=O)c2sc(-c3ccc(Cl)s3)nc2C)N(C)C)cc1. The van der Waals surface area contributed by atoms with Gasteiger partial charge in [0, 0.05) is 6.54 Å². The number of halogens is 1. The Morgan fingerprint density at radius 3 is 2.50 bits per heavy atom. The van der Waals surface area contributed by atoms with Crippen LogP contribution < -0.4 is 10.1 Å². The summed E-state index contributed by atoms with van der Waals surface area (Å²) in [4.78, 5) is 21.0. The molecule has 3 rings (SSSR count). The van der Waals surface area contributed by atoms with Crippen LogP contribution in [0.3, 0.4) is 0 Å². The topological polar surface area (TPSA) is 54.5 Å². The van der Waals surface area contributed by atoms with Gasteiger partial charge in [-0.2, -0.15) is 0 Å². The van der Waals surface area contributed by atoms with Gasteiger partial charge in [0.1, 0.15) is 15.6 Å². The number of carbonyl (C=O) groups is 1. The average Bonchev–Trinajstić information content (AvgIpc) is 3.27. The largest absolute Gasteiger partial charge is 0.497 e. The molecule has 2 aromatic heterocycles. The monoisotopic (exact) mass is 435 g/mol. The van der Waals surface area contributed by atoms with Crippen LogP contribution in [-0.4, -0.2) is 43.5 Å². The Balaban J connectivity index is 1.71. The summed E-state index contributed by atoms with van der Waals surface area (Å²) in [7, 11) is 5.64. The van der Waals surface area contributed by atoms with Gasteiger partial charge in [-0.1, -0.05) is 23.7 Å². The zero-order valence-electron chi connectivity index (χ0n) is 16.2. The maximum absolute atomic E-state index is 12.8. The van der Waals surface area contributed by atoms with Crippen LogP contribution in [0.15, 0.2) is 36.4 Å². The van der Waals surface area contributed by atoms with Gasteiger partial charge < -0.3 is 15.0 Å². The molecule has 1 amide bonds. The van der Waals surface area contributed by atoms with Crippen LogP contribution >= 0.6 is 34.3 Å². The van der Waals surface area contributed by atoms with Gasteiger partial charge in [0.25, 0.3) is 5.91 Å². The van der Waals surface area contributed by atoms with E-state index in [0.717, 1.165) is 26.9 Å². The summed E-state index contributed by atoms with van der Waals surface area (Å²) in [5.41, 5.74) is 1.84. The number of nitrogens with one attached hydrogen (secondary N) is 1. The summed E-state index contributed by atoms with van der Waals surface area (Å²) >= 11 is 8.87. The Hall–Kier alpha value is -1.93. The van der Waals surface area contributed by atoms with E-state index in [1.807, 2.05) is 57.4 Å². The van der Waals surface area contributed by atoms with E-state index in [2.05, 4.69) is 15.2 Å². The number of rotatable bonds is 7. The van der Waals surface area contributed by atoms with Gasteiger partial charge >= 0.3 is 0 Å². The fraction of sp³-hybridized carbons (Fsp3) is 0.300. The molecule has 8 heteroatoms. The average molecular weight is 436 g/mol. The molecular weight excluding hydrogens is 414 g/mol. The summed E-state index contributed by atoms with van der Waals surface area (Å²) in [5, 5.41) is 3.87. The predicted molar refractivity (Wildman–Crippen MR) is 117 cm³/mol. The number of likely N-dealkylation sites (N-methyl/N-ethyl adjacent to an activating group) is 1. The molecule has 0 bridgehead atoms. The predicted octanol–water partition coefficient (Wildman–Crippen LogP) is 4.87. The van der Waals surface area contributed by atoms with Crippen molar-refractivity contribution < 1.29 is 9.53 Å². The molecule has 0 spiro atoms. The molecular formula is C20H22ClN3O2S2. The molecule has 0 fully saturated rings. The van der Waals surface area contributed by atoms with Crippen molar-refractivity contribution in [3.63, 3.8) is 0 Å². The second-order valence-corrected chi connectivity index (χ2v) is 9.21. The molecule has 2 heterocycles. The Bertz CT molecular complexity index is 951. The van der Waals surface area contributed by atoms with Crippen LogP contribution in [0.4, 0.5) is 0 Å². The minimum atomic E-state index is -0.107. The van der Waals surface area contributed by atoms with Crippen LogP contribution in [0.2, 0.25) is 4.34 Å². The molecule has 0 radical (unpaired) electrons. The first kappa shape index (κ1) is 20.8. The highest BCUT2D eigenvalue weighted by Gasteiger charge is 2.20. The van der Waals surface area contributed by atoms with E-state index in [9.17, 15) is 4.79 Å². The zero-order chi connectivity index (χ0) is 20.3. The summed E-state index contributed by atoms with van der Waals surface area (Å²) in [6, 6.07) is 11.7. The molecule has 28 heavy (non-hydrogen) atoms. The number of nitrogens with zero attached hydrogens (tertiary/aromatic N) is 2. The van der Waals surface area contributed by atoms with Gasteiger partial charge in [-0.3, -0.25) is 4.79 Å². The second kappa shape index (κ2) is 9.05. The standard InChI is InChI=1S/C20H22ClN3O2S2/c1-12-18(28-20(23-12)16-9-10-17(21)27-16)19(25)22-11-15(24(2)3)13-5-7-14(26-4)8-6-13/h5-10,15H,11H2,1-4H3,(H,22,25). The number of benzene rings is 1. The van der Waals surface area contributed by atoms with Crippen LogP contribution in [0.1, 0.15) is 27.0 Å². The van der Waals surface area contributed by atoms with Crippen molar-refractivity contribution in [1.82, 2.24) is 15.2 Å². The number of thiophene rings is 1. The third-order valence-electron chi connectivity index (χ3n) is 4.37. The van der Waals surface area contributed by atoms with Gasteiger partial charge in [0.2, 0.25) is 0 Å². The number of thiazole rings is 1. The first-order valence-corrected chi connectivity index (χ1v) is 10.7. The van der Waals surface area contributed by atoms with Crippen molar-refractivity contribution in [3.8, 4) is 15.6 Å². The molecule has 1 unspecified atom stereocenters. The van der Waals surface area contributed by atoms with E-state index < -0.39 is 0 Å². The van der Waals surface area contributed by atoms with Crippen molar-refractivity contribution in [2.75, 3.05) is 27.7 Å². The Labute approximate surface area is 177 Å². The van der Waals surface area contributed by atoms with Crippen LogP contribution in [0.5, 0.6) is 5.75 Å². The van der Waals surface area contributed by atoms with Crippen molar-refractivity contribution >= 4 is 40.2 Å². The molecule has 1 aromatic carbocycles. The first-order chi connectivity index (χ1) is 13.4. The van der Waals surface area contributed by atoms with E-state index in [1.54, 1.807) is 7.11 Å². The molecule has 0 saturated heterocycles. The smallest absolute Gasteiger partial charge is 0.263 e. The molecule has 0 aliphatic carbocycles. The van der Waals surface area contributed by atoms with Gasteiger partial charge in [0.05, 0.1) is 28.1 Å². The number of ether oxygens (including phenoxy) is 1. The fourth-order valence-electron chi connectivity index (χ4n) is 2.84. The minimum Gasteiger partial charge on any atom is -0.497 e. The first-order valence-electron chi connectivity index (χ1n) is 8.70. The molecule has 148 valence electrons. The van der Waals surface area contributed by atoms with E-state index in [-0.39, 0.29) is 11.9 Å². The lowest BCUT2D eigenvalue weighted by molar-refractivity contribution is 0.0945. The lowest BCUT2D eigenvalue weighted by Crippen LogP contribution is -2.34. The molecule has 1 N–H and O–H groups in total. The van der Waals surface area contributed by atoms with E-state index >= 15 is 0 Å². The third kappa shape index (κ3) is 4.72. The zero-order valence-corrected chi connectivity index (χ0v) is 18.5. The van der Waals surface area contributed by atoms with Crippen molar-refractivity contribution in [2.24, 2.45) is 0 Å². The van der Waals surface area contributed by atoms with Crippen molar-refractivity contribution in [2.45, 2.75) is 13.0 Å².